The first-order chi connectivity index (χ1) is 14.4. The maximum absolute atomic E-state index is 5.37. The molecule has 3 rings (SSSR count). The number of methoxy groups -OCH3 is 1. The van der Waals surface area contributed by atoms with Crippen LogP contribution in [-0.4, -0.2) is 56.7 Å². The van der Waals surface area contributed by atoms with Gasteiger partial charge in [-0.3, -0.25) is 0 Å². The molecular formula is C27H44N2O. The first-order valence-electron chi connectivity index (χ1n) is 11.9. The Labute approximate surface area is 185 Å². The summed E-state index contributed by atoms with van der Waals surface area (Å²) in [7, 11) is 6.16. The Morgan fingerprint density at radius 2 is 1.60 bits per heavy atom. The van der Waals surface area contributed by atoms with Gasteiger partial charge in [0, 0.05) is 12.6 Å². The minimum atomic E-state index is 0.595. The SMILES string of the molecule is CCC.CCC(C)C(CN1CCC(N(C)C)CC1)c1ccc2cc(OC)ccc2c1. The molecule has 3 heteroatoms. The van der Waals surface area contributed by atoms with Crippen LogP contribution in [-0.2, 0) is 0 Å². The van der Waals surface area contributed by atoms with Gasteiger partial charge in [0.2, 0.25) is 0 Å². The van der Waals surface area contributed by atoms with Gasteiger partial charge in [0.05, 0.1) is 7.11 Å². The smallest absolute Gasteiger partial charge is 0.119 e. The van der Waals surface area contributed by atoms with Crippen molar-refractivity contribution in [2.24, 2.45) is 5.92 Å². The third-order valence-electron chi connectivity index (χ3n) is 6.57. The molecule has 1 fully saturated rings. The van der Waals surface area contributed by atoms with Crippen molar-refractivity contribution < 1.29 is 4.74 Å². The second-order valence-corrected chi connectivity index (χ2v) is 9.17. The molecule has 1 heterocycles. The van der Waals surface area contributed by atoms with Gasteiger partial charge < -0.3 is 14.5 Å². The Hall–Kier alpha value is -1.58. The zero-order chi connectivity index (χ0) is 22.1. The largest absolute Gasteiger partial charge is 0.497 e. The average Bonchev–Trinajstić information content (AvgIpc) is 2.77. The van der Waals surface area contributed by atoms with Gasteiger partial charge in [0.1, 0.15) is 5.75 Å². The summed E-state index contributed by atoms with van der Waals surface area (Å²) < 4.78 is 5.37. The summed E-state index contributed by atoms with van der Waals surface area (Å²) in [5.74, 6) is 2.21. The lowest BCUT2D eigenvalue weighted by Gasteiger charge is -2.38. The number of rotatable bonds is 7. The minimum Gasteiger partial charge on any atom is -0.497 e. The molecule has 2 atom stereocenters. The van der Waals surface area contributed by atoms with Gasteiger partial charge in [-0.05, 0) is 80.3 Å². The van der Waals surface area contributed by atoms with Crippen molar-refractivity contribution in [3.8, 4) is 5.75 Å². The second kappa shape index (κ2) is 12.3. The highest BCUT2D eigenvalue weighted by molar-refractivity contribution is 5.84. The zero-order valence-electron chi connectivity index (χ0n) is 20.4. The molecule has 168 valence electrons. The van der Waals surface area contributed by atoms with Crippen LogP contribution in [0.4, 0.5) is 0 Å². The summed E-state index contributed by atoms with van der Waals surface area (Å²) in [5.41, 5.74) is 1.48. The molecule has 30 heavy (non-hydrogen) atoms. The lowest BCUT2D eigenvalue weighted by Crippen LogP contribution is -2.43. The highest BCUT2D eigenvalue weighted by Gasteiger charge is 2.26. The van der Waals surface area contributed by atoms with Crippen LogP contribution in [0.15, 0.2) is 36.4 Å². The molecule has 1 aliphatic rings. The molecule has 0 radical (unpaired) electrons. The molecule has 0 N–H and O–H groups in total. The molecular weight excluding hydrogens is 368 g/mol. The molecule has 2 aromatic carbocycles. The molecule has 0 aliphatic carbocycles. The Kier molecular flexibility index (Phi) is 10.1. The van der Waals surface area contributed by atoms with E-state index in [1.54, 1.807) is 7.11 Å². The predicted octanol–water partition coefficient (Wildman–Crippen LogP) is 6.42. The number of hydrogen-bond acceptors (Lipinski definition) is 3. The Bertz CT molecular complexity index is 750. The highest BCUT2D eigenvalue weighted by atomic mass is 16.5. The van der Waals surface area contributed by atoms with Crippen molar-refractivity contribution in [3.63, 3.8) is 0 Å². The van der Waals surface area contributed by atoms with E-state index in [0.717, 1.165) is 11.8 Å². The lowest BCUT2D eigenvalue weighted by atomic mass is 9.84. The summed E-state index contributed by atoms with van der Waals surface area (Å²) in [6.07, 6.45) is 5.05. The Morgan fingerprint density at radius 1 is 1.00 bits per heavy atom. The molecule has 0 amide bonds. The molecule has 0 saturated carbocycles. The van der Waals surface area contributed by atoms with Crippen molar-refractivity contribution in [1.82, 2.24) is 9.80 Å². The van der Waals surface area contributed by atoms with Crippen molar-refractivity contribution in [1.29, 1.82) is 0 Å². The average molecular weight is 413 g/mol. The van der Waals surface area contributed by atoms with Gasteiger partial charge in [0.15, 0.2) is 0 Å². The first-order valence-corrected chi connectivity index (χ1v) is 11.9. The number of benzene rings is 2. The van der Waals surface area contributed by atoms with Crippen molar-refractivity contribution >= 4 is 10.8 Å². The highest BCUT2D eigenvalue weighted by Crippen LogP contribution is 2.32. The summed E-state index contributed by atoms with van der Waals surface area (Å²) in [5, 5.41) is 2.57. The van der Waals surface area contributed by atoms with Gasteiger partial charge in [0.25, 0.3) is 0 Å². The number of likely N-dealkylation sites (tertiary alicyclic amines) is 1. The normalized spacial score (nSPS) is 17.5. The quantitative estimate of drug-likeness (QED) is 0.522. The summed E-state index contributed by atoms with van der Waals surface area (Å²) in [6, 6.07) is 14.1. The van der Waals surface area contributed by atoms with Crippen LogP contribution in [0.1, 0.15) is 64.9 Å². The Balaban J connectivity index is 0.00000101. The number of nitrogens with zero attached hydrogens (tertiary/aromatic N) is 2. The van der Waals surface area contributed by atoms with E-state index in [1.807, 2.05) is 0 Å². The molecule has 1 saturated heterocycles. The fourth-order valence-electron chi connectivity index (χ4n) is 4.39. The number of hydrogen-bond donors (Lipinski definition) is 0. The van der Waals surface area contributed by atoms with Crippen molar-refractivity contribution in [2.75, 3.05) is 40.8 Å². The molecule has 0 aromatic heterocycles. The minimum absolute atomic E-state index is 0.595. The molecule has 0 spiro atoms. The van der Waals surface area contributed by atoms with Gasteiger partial charge in [-0.25, -0.2) is 0 Å². The summed E-state index contributed by atoms with van der Waals surface area (Å²) >= 11 is 0. The standard InChI is InChI=1S/C24H36N2O.C3H8/c1-6-18(2)24(17-26-13-11-22(12-14-26)25(3)4)21-8-7-20-16-23(27-5)10-9-19(20)15-21;1-3-2/h7-10,15-16,18,22,24H,6,11-14,17H2,1-5H3;3H2,1-2H3. The van der Waals surface area contributed by atoms with Crippen molar-refractivity contribution in [2.45, 2.75) is 65.3 Å². The third-order valence-corrected chi connectivity index (χ3v) is 6.57. The Morgan fingerprint density at radius 3 is 2.17 bits per heavy atom. The van der Waals surface area contributed by atoms with E-state index in [0.29, 0.717) is 11.8 Å². The van der Waals surface area contributed by atoms with Crippen LogP contribution < -0.4 is 4.74 Å². The predicted molar refractivity (Wildman–Crippen MR) is 132 cm³/mol. The third kappa shape index (κ3) is 6.72. The number of fused-ring (bicyclic) bond motifs is 1. The van der Waals surface area contributed by atoms with Crippen LogP contribution in [0.25, 0.3) is 10.8 Å². The first kappa shape index (κ1) is 24.7. The lowest BCUT2D eigenvalue weighted by molar-refractivity contribution is 0.132. The fourth-order valence-corrected chi connectivity index (χ4v) is 4.39. The summed E-state index contributed by atoms with van der Waals surface area (Å²) in [6.45, 7) is 12.6. The monoisotopic (exact) mass is 412 g/mol. The topological polar surface area (TPSA) is 15.7 Å². The maximum atomic E-state index is 5.37. The van der Waals surface area contributed by atoms with Gasteiger partial charge in [-0.1, -0.05) is 64.8 Å². The van der Waals surface area contributed by atoms with Crippen LogP contribution in [0.2, 0.25) is 0 Å². The van der Waals surface area contributed by atoms with E-state index < -0.39 is 0 Å². The van der Waals surface area contributed by atoms with E-state index in [2.05, 4.69) is 88.0 Å². The van der Waals surface area contributed by atoms with Gasteiger partial charge in [-0.2, -0.15) is 0 Å². The number of piperidine rings is 1. The van der Waals surface area contributed by atoms with E-state index >= 15 is 0 Å². The van der Waals surface area contributed by atoms with E-state index in [9.17, 15) is 0 Å². The van der Waals surface area contributed by atoms with Crippen LogP contribution in [0, 0.1) is 5.92 Å². The van der Waals surface area contributed by atoms with Crippen LogP contribution in [0.3, 0.4) is 0 Å². The van der Waals surface area contributed by atoms with E-state index in [-0.39, 0.29) is 0 Å². The van der Waals surface area contributed by atoms with Gasteiger partial charge >= 0.3 is 0 Å². The molecule has 0 bridgehead atoms. The summed E-state index contributed by atoms with van der Waals surface area (Å²) in [4.78, 5) is 5.08. The molecule has 2 aromatic rings. The van der Waals surface area contributed by atoms with Crippen LogP contribution in [0.5, 0.6) is 5.75 Å². The number of ether oxygens (including phenoxy) is 1. The fraction of sp³-hybridized carbons (Fsp3) is 0.630. The van der Waals surface area contributed by atoms with Crippen molar-refractivity contribution in [3.05, 3.63) is 42.0 Å². The second-order valence-electron chi connectivity index (χ2n) is 9.17. The zero-order valence-corrected chi connectivity index (χ0v) is 20.4. The molecule has 2 unspecified atom stereocenters. The van der Waals surface area contributed by atoms with E-state index in [4.69, 9.17) is 4.74 Å². The molecule has 1 aliphatic heterocycles. The maximum Gasteiger partial charge on any atom is 0.119 e. The molecule has 3 nitrogen and oxygen atoms in total. The van der Waals surface area contributed by atoms with E-state index in [1.165, 1.54) is 61.7 Å². The van der Waals surface area contributed by atoms with Crippen LogP contribution >= 0.6 is 0 Å². The van der Waals surface area contributed by atoms with Gasteiger partial charge in [-0.15, -0.1) is 0 Å².